The number of ether oxygens (including phenoxy) is 1. The van der Waals surface area contributed by atoms with Gasteiger partial charge in [0.05, 0.1) is 12.6 Å². The van der Waals surface area contributed by atoms with Crippen molar-refractivity contribution < 1.29 is 24.2 Å². The summed E-state index contributed by atoms with van der Waals surface area (Å²) < 4.78 is 7.05. The fraction of sp³-hybridized carbons (Fsp3) is 0.514. The van der Waals surface area contributed by atoms with Crippen molar-refractivity contribution in [3.63, 3.8) is 0 Å². The molecule has 10 heteroatoms. The lowest BCUT2D eigenvalue weighted by Gasteiger charge is -2.53. The first kappa shape index (κ1) is 30.3. The lowest BCUT2D eigenvalue weighted by atomic mass is 9.55. The van der Waals surface area contributed by atoms with Crippen LogP contribution in [0.15, 0.2) is 59.2 Å². The Bertz CT molecular complexity index is 1560. The molecule has 2 heterocycles. The number of H-pyrrole nitrogens is 1. The lowest BCUT2D eigenvalue weighted by Crippen LogP contribution is -2.55. The minimum atomic E-state index is -0.920. The Morgan fingerprint density at radius 3 is 2.42 bits per heavy atom. The quantitative estimate of drug-likeness (QED) is 0.310. The van der Waals surface area contributed by atoms with Crippen LogP contribution in [0.25, 0.3) is 10.9 Å². The number of nitrogens with zero attached hydrogens (tertiary/aromatic N) is 2. The molecule has 2 aromatic carbocycles. The van der Waals surface area contributed by atoms with Crippen LogP contribution >= 0.6 is 15.9 Å². The number of hydrogen-bond donors (Lipinski definition) is 3. The Labute approximate surface area is 271 Å². The van der Waals surface area contributed by atoms with Crippen molar-refractivity contribution in [2.24, 2.45) is 23.7 Å². The maximum absolute atomic E-state index is 14.0. The number of likely N-dealkylation sites (tertiary alicyclic amines) is 1. The highest BCUT2D eigenvalue weighted by Gasteiger charge is 2.51. The Morgan fingerprint density at radius 1 is 1.00 bits per heavy atom. The summed E-state index contributed by atoms with van der Waals surface area (Å²) >= 11 is 3.57. The van der Waals surface area contributed by atoms with E-state index in [-0.39, 0.29) is 31.4 Å². The maximum Gasteiger partial charge on any atom is 0.410 e. The molecule has 4 aliphatic carbocycles. The predicted octanol–water partition coefficient (Wildman–Crippen LogP) is 5.01. The summed E-state index contributed by atoms with van der Waals surface area (Å²) in [4.78, 5) is 47.8. The average Bonchev–Trinajstić information content (AvgIpc) is 3.62. The fourth-order valence-electron chi connectivity index (χ4n) is 8.73. The van der Waals surface area contributed by atoms with Crippen molar-refractivity contribution in [3.05, 3.63) is 70.3 Å². The van der Waals surface area contributed by atoms with E-state index in [9.17, 15) is 19.5 Å². The van der Waals surface area contributed by atoms with E-state index in [1.165, 1.54) is 11.3 Å². The van der Waals surface area contributed by atoms with Crippen molar-refractivity contribution in [1.29, 1.82) is 0 Å². The lowest BCUT2D eigenvalue weighted by molar-refractivity contribution is -0.137. The highest BCUT2D eigenvalue weighted by atomic mass is 79.9. The van der Waals surface area contributed by atoms with Gasteiger partial charge in [0, 0.05) is 48.0 Å². The maximum atomic E-state index is 14.0. The molecule has 9 nitrogen and oxygen atoms in total. The van der Waals surface area contributed by atoms with Gasteiger partial charge in [0.15, 0.2) is 0 Å². The molecule has 8 rings (SSSR count). The van der Waals surface area contributed by atoms with Crippen LogP contribution < -0.4 is 5.32 Å². The topological polar surface area (TPSA) is 115 Å². The molecule has 3 atom stereocenters. The standard InChI is InChI=1S/C35H41BrN4O5/c1-39(18-22-6-2-4-8-28(22)36)34(43)30(15-25-17-37-29-9-5-3-7-27(25)29)38-33(42)31-16-26(41)19-40(31)35(44)45-32-23-11-20-10-21(13-23)14-24(32)12-20/h2-9,17,20-21,23-24,26,30-32,37,41H,10-16,18-19H2,1H3,(H,38,42). The van der Waals surface area contributed by atoms with Crippen molar-refractivity contribution >= 4 is 44.7 Å². The monoisotopic (exact) mass is 676 g/mol. The molecule has 45 heavy (non-hydrogen) atoms. The second-order valence-electron chi connectivity index (χ2n) is 13.7. The molecule has 5 fully saturated rings. The number of rotatable bonds is 8. The SMILES string of the molecule is CN(Cc1ccccc1Br)C(=O)C(Cc1c[nH]c2ccccc12)NC(=O)C1CC(O)CN1C(=O)OC1C2CC3CC(C2)CC1C3. The molecule has 1 aromatic heterocycles. The van der Waals surface area contributed by atoms with Gasteiger partial charge in [-0.3, -0.25) is 14.5 Å². The van der Waals surface area contributed by atoms with Crippen LogP contribution in [0, 0.1) is 23.7 Å². The van der Waals surface area contributed by atoms with E-state index >= 15 is 0 Å². The van der Waals surface area contributed by atoms with E-state index in [1.807, 2.05) is 54.7 Å². The van der Waals surface area contributed by atoms with Crippen molar-refractivity contribution in [2.45, 2.75) is 75.8 Å². The molecule has 4 bridgehead atoms. The number of para-hydroxylation sites is 1. The molecule has 1 aliphatic heterocycles. The van der Waals surface area contributed by atoms with Crippen LogP contribution in [0.1, 0.15) is 49.7 Å². The highest BCUT2D eigenvalue weighted by molar-refractivity contribution is 9.10. The zero-order valence-electron chi connectivity index (χ0n) is 25.5. The number of amides is 3. The summed E-state index contributed by atoms with van der Waals surface area (Å²) in [6.07, 6.45) is 6.51. The van der Waals surface area contributed by atoms with E-state index in [0.29, 0.717) is 18.4 Å². The van der Waals surface area contributed by atoms with Crippen molar-refractivity contribution in [1.82, 2.24) is 20.1 Å². The van der Waals surface area contributed by atoms with Crippen molar-refractivity contribution in [3.8, 4) is 0 Å². The summed E-state index contributed by atoms with van der Waals surface area (Å²) in [5, 5.41) is 14.6. The predicted molar refractivity (Wildman–Crippen MR) is 173 cm³/mol. The number of carbonyl (C=O) groups is 3. The van der Waals surface area contributed by atoms with Gasteiger partial charge in [-0.2, -0.15) is 0 Å². The molecule has 3 aromatic rings. The Morgan fingerprint density at radius 2 is 1.69 bits per heavy atom. The summed E-state index contributed by atoms with van der Waals surface area (Å²) in [6.45, 7) is 0.389. The minimum Gasteiger partial charge on any atom is -0.445 e. The van der Waals surface area contributed by atoms with Crippen molar-refractivity contribution in [2.75, 3.05) is 13.6 Å². The minimum absolute atomic E-state index is 0.0349. The van der Waals surface area contributed by atoms with Gasteiger partial charge in [-0.15, -0.1) is 0 Å². The zero-order chi connectivity index (χ0) is 31.2. The Balaban J connectivity index is 1.09. The molecule has 3 amide bonds. The first-order valence-electron chi connectivity index (χ1n) is 16.2. The van der Waals surface area contributed by atoms with Gasteiger partial charge in [0.1, 0.15) is 18.2 Å². The number of halogens is 1. The number of aromatic nitrogens is 1. The molecule has 238 valence electrons. The Hall–Kier alpha value is -3.37. The van der Waals surface area contributed by atoms with Gasteiger partial charge < -0.3 is 25.0 Å². The number of fused-ring (bicyclic) bond motifs is 1. The number of benzene rings is 2. The Kier molecular flexibility index (Phi) is 8.37. The van der Waals surface area contributed by atoms with Crippen LogP contribution in [0.4, 0.5) is 4.79 Å². The third kappa shape index (κ3) is 6.11. The number of carbonyl (C=O) groups excluding carboxylic acids is 3. The van der Waals surface area contributed by atoms with Gasteiger partial charge >= 0.3 is 6.09 Å². The number of aliphatic hydroxyl groups excluding tert-OH is 1. The summed E-state index contributed by atoms with van der Waals surface area (Å²) in [7, 11) is 1.73. The van der Waals surface area contributed by atoms with Gasteiger partial charge in [-0.1, -0.05) is 52.3 Å². The normalized spacial score (nSPS) is 29.1. The van der Waals surface area contributed by atoms with Gasteiger partial charge in [-0.25, -0.2) is 4.79 Å². The van der Waals surface area contributed by atoms with Gasteiger partial charge in [-0.05, 0) is 79.0 Å². The average molecular weight is 678 g/mol. The molecule has 3 unspecified atom stereocenters. The number of aliphatic hydroxyl groups is 1. The van der Waals surface area contributed by atoms with E-state index in [4.69, 9.17) is 4.74 Å². The zero-order valence-corrected chi connectivity index (χ0v) is 27.1. The molecule has 0 spiro atoms. The largest absolute Gasteiger partial charge is 0.445 e. The number of aromatic amines is 1. The van der Waals surface area contributed by atoms with E-state index < -0.39 is 30.2 Å². The molecule has 4 saturated carbocycles. The van der Waals surface area contributed by atoms with E-state index in [2.05, 4.69) is 26.2 Å². The molecule has 1 saturated heterocycles. The molecule has 3 N–H and O–H groups in total. The third-order valence-electron chi connectivity index (χ3n) is 10.6. The fourth-order valence-corrected chi connectivity index (χ4v) is 9.14. The van der Waals surface area contributed by atoms with E-state index in [1.54, 1.807) is 11.9 Å². The van der Waals surface area contributed by atoms with Crippen LogP contribution in [0.5, 0.6) is 0 Å². The van der Waals surface area contributed by atoms with Gasteiger partial charge in [0.25, 0.3) is 0 Å². The highest BCUT2D eigenvalue weighted by Crippen LogP contribution is 2.54. The molecule has 5 aliphatic rings. The molecule has 0 radical (unpaired) electrons. The van der Waals surface area contributed by atoms with Crippen LogP contribution in [0.2, 0.25) is 0 Å². The number of nitrogens with one attached hydrogen (secondary N) is 2. The summed E-state index contributed by atoms with van der Waals surface area (Å²) in [5.41, 5.74) is 2.80. The van der Waals surface area contributed by atoms with Crippen LogP contribution in [-0.4, -0.2) is 75.7 Å². The number of hydrogen-bond acceptors (Lipinski definition) is 5. The van der Waals surface area contributed by atoms with E-state index in [0.717, 1.165) is 64.0 Å². The number of β-amino-alcohol motifs (C(OH)–C–C–N with tert-alkyl or cyclic N) is 1. The smallest absolute Gasteiger partial charge is 0.410 e. The van der Waals surface area contributed by atoms with Crippen LogP contribution in [-0.2, 0) is 27.3 Å². The first-order chi connectivity index (χ1) is 21.7. The third-order valence-corrected chi connectivity index (χ3v) is 11.4. The summed E-state index contributed by atoms with van der Waals surface area (Å²) in [5.74, 6) is 1.59. The second-order valence-corrected chi connectivity index (χ2v) is 14.6. The second kappa shape index (κ2) is 12.4. The van der Waals surface area contributed by atoms with Crippen LogP contribution in [0.3, 0.4) is 0 Å². The number of likely N-dealkylation sites (N-methyl/N-ethyl adjacent to an activating group) is 1. The molecular weight excluding hydrogens is 636 g/mol. The van der Waals surface area contributed by atoms with Gasteiger partial charge in [0.2, 0.25) is 11.8 Å². The summed E-state index contributed by atoms with van der Waals surface area (Å²) in [6, 6.07) is 13.8. The molecular formula is C35H41BrN4O5. The first-order valence-corrected chi connectivity index (χ1v) is 17.0.